The summed E-state index contributed by atoms with van der Waals surface area (Å²) in [7, 11) is 3.47. The summed E-state index contributed by atoms with van der Waals surface area (Å²) in [6.45, 7) is 3.72. The lowest BCUT2D eigenvalue weighted by Crippen LogP contribution is -2.39. The number of aliphatic imine (C=N–C) groups is 1. The lowest BCUT2D eigenvalue weighted by Gasteiger charge is -2.16. The van der Waals surface area contributed by atoms with E-state index in [1.165, 1.54) is 4.90 Å². The van der Waals surface area contributed by atoms with Crippen LogP contribution in [-0.2, 0) is 6.54 Å². The fraction of sp³-hybridized carbons (Fsp3) is 0.316. The number of ether oxygens (including phenoxy) is 1. The van der Waals surface area contributed by atoms with Crippen LogP contribution in [0, 0.1) is 0 Å². The van der Waals surface area contributed by atoms with Crippen molar-refractivity contribution in [3.63, 3.8) is 0 Å². The number of thioether (sulfide) groups is 1. The number of para-hydroxylation sites is 1. The molecule has 1 unspecified atom stereocenters. The highest BCUT2D eigenvalue weighted by Gasteiger charge is 2.07. The summed E-state index contributed by atoms with van der Waals surface area (Å²) in [6.07, 6.45) is 0. The first-order chi connectivity index (χ1) is 11.7. The summed E-state index contributed by atoms with van der Waals surface area (Å²) in [5.41, 5.74) is 1.11. The Labute approximate surface area is 171 Å². The van der Waals surface area contributed by atoms with Crippen LogP contribution in [0.25, 0.3) is 0 Å². The fourth-order valence-corrected chi connectivity index (χ4v) is 3.21. The minimum atomic E-state index is 0. The molecule has 0 aliphatic carbocycles. The van der Waals surface area contributed by atoms with Crippen LogP contribution in [0.1, 0.15) is 12.5 Å². The van der Waals surface area contributed by atoms with Crippen LogP contribution in [0.15, 0.2) is 64.5 Å². The normalized spacial score (nSPS) is 12.0. The minimum Gasteiger partial charge on any atom is -0.496 e. The largest absolute Gasteiger partial charge is 0.496 e. The minimum absolute atomic E-state index is 0. The van der Waals surface area contributed by atoms with Gasteiger partial charge in [0.25, 0.3) is 0 Å². The predicted octanol–water partition coefficient (Wildman–Crippen LogP) is 4.16. The smallest absolute Gasteiger partial charge is 0.191 e. The lowest BCUT2D eigenvalue weighted by molar-refractivity contribution is 0.409. The zero-order chi connectivity index (χ0) is 17.2. The second kappa shape index (κ2) is 12.0. The van der Waals surface area contributed by atoms with Crippen molar-refractivity contribution in [1.29, 1.82) is 0 Å². The van der Waals surface area contributed by atoms with Gasteiger partial charge in [0.1, 0.15) is 5.75 Å². The van der Waals surface area contributed by atoms with Gasteiger partial charge in [-0.05, 0) is 18.2 Å². The average Bonchev–Trinajstić information content (AvgIpc) is 2.63. The maximum Gasteiger partial charge on any atom is 0.191 e. The molecule has 0 fully saturated rings. The molecule has 1 atom stereocenters. The van der Waals surface area contributed by atoms with E-state index in [0.29, 0.717) is 11.8 Å². The Kier molecular flexibility index (Phi) is 10.4. The highest BCUT2D eigenvalue weighted by atomic mass is 127. The molecule has 136 valence electrons. The summed E-state index contributed by atoms with van der Waals surface area (Å²) in [6, 6.07) is 18.4. The van der Waals surface area contributed by atoms with Gasteiger partial charge in [-0.25, -0.2) is 0 Å². The number of nitrogens with one attached hydrogen (secondary N) is 2. The van der Waals surface area contributed by atoms with Crippen molar-refractivity contribution in [3.8, 4) is 5.75 Å². The second-order valence-corrected chi connectivity index (χ2v) is 6.87. The van der Waals surface area contributed by atoms with Gasteiger partial charge in [-0.2, -0.15) is 0 Å². The van der Waals surface area contributed by atoms with E-state index in [1.54, 1.807) is 14.2 Å². The van der Waals surface area contributed by atoms with E-state index < -0.39 is 0 Å². The van der Waals surface area contributed by atoms with Crippen LogP contribution in [0.5, 0.6) is 5.75 Å². The molecular weight excluding hydrogens is 445 g/mol. The van der Waals surface area contributed by atoms with Crippen molar-refractivity contribution in [3.05, 3.63) is 60.2 Å². The number of guanidine groups is 1. The number of hydrogen-bond donors (Lipinski definition) is 2. The molecule has 0 saturated carbocycles. The summed E-state index contributed by atoms with van der Waals surface area (Å²) < 4.78 is 5.37. The maximum absolute atomic E-state index is 5.37. The number of benzene rings is 2. The second-order valence-electron chi connectivity index (χ2n) is 5.36. The van der Waals surface area contributed by atoms with Gasteiger partial charge in [0.05, 0.1) is 7.11 Å². The standard InChI is InChI=1S/C19H25N3OS.HI/c1-15(24-17-10-5-4-6-11-17)13-21-19(20-2)22-14-16-9-7-8-12-18(16)23-3;/h4-12,15H,13-14H2,1-3H3,(H2,20,21,22);1H. The van der Waals surface area contributed by atoms with Gasteiger partial charge in [-0.3, -0.25) is 4.99 Å². The molecule has 2 aromatic rings. The quantitative estimate of drug-likeness (QED) is 0.276. The first-order valence-corrected chi connectivity index (χ1v) is 8.89. The Morgan fingerprint density at radius 2 is 1.76 bits per heavy atom. The third-order valence-corrected chi connectivity index (χ3v) is 4.61. The Balaban J connectivity index is 0.00000312. The maximum atomic E-state index is 5.37. The van der Waals surface area contributed by atoms with Crippen molar-refractivity contribution < 1.29 is 4.74 Å². The number of nitrogens with zero attached hydrogens (tertiary/aromatic N) is 1. The van der Waals surface area contributed by atoms with Gasteiger partial charge in [-0.1, -0.05) is 43.3 Å². The van der Waals surface area contributed by atoms with E-state index in [-0.39, 0.29) is 24.0 Å². The zero-order valence-corrected chi connectivity index (χ0v) is 18.0. The molecule has 2 N–H and O–H groups in total. The average molecular weight is 471 g/mol. The van der Waals surface area contributed by atoms with Crippen molar-refractivity contribution >= 4 is 41.7 Å². The van der Waals surface area contributed by atoms with E-state index in [4.69, 9.17) is 4.74 Å². The van der Waals surface area contributed by atoms with Crippen LogP contribution >= 0.6 is 35.7 Å². The molecule has 6 heteroatoms. The van der Waals surface area contributed by atoms with Crippen LogP contribution < -0.4 is 15.4 Å². The highest BCUT2D eigenvalue weighted by molar-refractivity contribution is 14.0. The monoisotopic (exact) mass is 471 g/mol. The van der Waals surface area contributed by atoms with Crippen LogP contribution in [0.4, 0.5) is 0 Å². The molecule has 0 spiro atoms. The molecule has 0 heterocycles. The Morgan fingerprint density at radius 3 is 2.44 bits per heavy atom. The van der Waals surface area contributed by atoms with E-state index in [9.17, 15) is 0 Å². The van der Waals surface area contributed by atoms with E-state index in [1.807, 2.05) is 42.1 Å². The summed E-state index contributed by atoms with van der Waals surface area (Å²) in [5, 5.41) is 7.15. The number of hydrogen-bond acceptors (Lipinski definition) is 3. The van der Waals surface area contributed by atoms with E-state index >= 15 is 0 Å². The molecule has 0 aliphatic heterocycles. The summed E-state index contributed by atoms with van der Waals surface area (Å²) in [5.74, 6) is 1.68. The topological polar surface area (TPSA) is 45.7 Å². The predicted molar refractivity (Wildman–Crippen MR) is 118 cm³/mol. The molecule has 2 aromatic carbocycles. The Bertz CT molecular complexity index is 652. The van der Waals surface area contributed by atoms with E-state index in [0.717, 1.165) is 23.8 Å². The fourth-order valence-electron chi connectivity index (χ4n) is 2.26. The van der Waals surface area contributed by atoms with Crippen molar-refractivity contribution in [2.45, 2.75) is 23.6 Å². The molecule has 0 bridgehead atoms. The Morgan fingerprint density at radius 1 is 1.08 bits per heavy atom. The molecular formula is C19H26IN3OS. The van der Waals surface area contributed by atoms with Gasteiger partial charge < -0.3 is 15.4 Å². The van der Waals surface area contributed by atoms with Gasteiger partial charge >= 0.3 is 0 Å². The van der Waals surface area contributed by atoms with Crippen molar-refractivity contribution in [2.75, 3.05) is 20.7 Å². The molecule has 0 saturated heterocycles. The number of halogens is 1. The van der Waals surface area contributed by atoms with Crippen molar-refractivity contribution in [2.24, 2.45) is 4.99 Å². The third-order valence-electron chi connectivity index (χ3n) is 3.50. The molecule has 0 amide bonds. The highest BCUT2D eigenvalue weighted by Crippen LogP contribution is 2.22. The SMILES string of the molecule is CN=C(NCc1ccccc1OC)NCC(C)Sc1ccccc1.I. The summed E-state index contributed by atoms with van der Waals surface area (Å²) >= 11 is 1.85. The zero-order valence-electron chi connectivity index (χ0n) is 14.9. The molecule has 0 radical (unpaired) electrons. The van der Waals surface area contributed by atoms with Gasteiger partial charge in [0.15, 0.2) is 5.96 Å². The van der Waals surface area contributed by atoms with Gasteiger partial charge in [0, 0.05) is 35.8 Å². The molecule has 4 nitrogen and oxygen atoms in total. The van der Waals surface area contributed by atoms with Gasteiger partial charge in [0.2, 0.25) is 0 Å². The van der Waals surface area contributed by atoms with Crippen LogP contribution in [0.3, 0.4) is 0 Å². The van der Waals surface area contributed by atoms with Crippen LogP contribution in [0.2, 0.25) is 0 Å². The third kappa shape index (κ3) is 7.56. The molecule has 0 aliphatic rings. The molecule has 2 rings (SSSR count). The summed E-state index contributed by atoms with van der Waals surface area (Å²) in [4.78, 5) is 5.56. The van der Waals surface area contributed by atoms with E-state index in [2.05, 4.69) is 46.8 Å². The first kappa shape index (κ1) is 21.6. The number of methoxy groups -OCH3 is 1. The number of rotatable bonds is 7. The van der Waals surface area contributed by atoms with Gasteiger partial charge in [-0.15, -0.1) is 35.7 Å². The van der Waals surface area contributed by atoms with Crippen molar-refractivity contribution in [1.82, 2.24) is 10.6 Å². The first-order valence-electron chi connectivity index (χ1n) is 8.01. The lowest BCUT2D eigenvalue weighted by atomic mass is 10.2. The Hall–Kier alpha value is -1.41. The molecule has 25 heavy (non-hydrogen) atoms. The van der Waals surface area contributed by atoms with Crippen LogP contribution in [-0.4, -0.2) is 31.9 Å². The molecule has 0 aromatic heterocycles.